The molecule has 1 aliphatic rings. The van der Waals surface area contributed by atoms with Crippen LogP contribution in [0.4, 0.5) is 5.69 Å². The second kappa shape index (κ2) is 9.32. The molecule has 154 valence electrons. The first-order valence-corrected chi connectivity index (χ1v) is 9.84. The van der Waals surface area contributed by atoms with Gasteiger partial charge in [0.1, 0.15) is 6.07 Å². The van der Waals surface area contributed by atoms with Crippen molar-refractivity contribution in [3.8, 4) is 17.6 Å². The topological polar surface area (TPSA) is 57.9 Å². The molecular formula is C25H27N3O2. The van der Waals surface area contributed by atoms with Gasteiger partial charge in [0, 0.05) is 31.9 Å². The van der Waals surface area contributed by atoms with Crippen LogP contribution in [0, 0.1) is 11.3 Å². The monoisotopic (exact) mass is 401 g/mol. The van der Waals surface area contributed by atoms with Crippen LogP contribution >= 0.6 is 0 Å². The highest BCUT2D eigenvalue weighted by Gasteiger charge is 2.21. The van der Waals surface area contributed by atoms with Crippen molar-refractivity contribution < 1.29 is 9.47 Å². The first-order valence-electron chi connectivity index (χ1n) is 9.84. The standard InChI is InChI=1S/C25H27N3O2/c1-17(12-18-6-8-21(9-7-18)28(2)3)13-20(16-26)25-22-15-24(30-5)23(29-4)14-19(22)10-11-27-25/h6-9,12-15H,10-11H2,1-5H3/b17-12+,20-13+. The Morgan fingerprint density at radius 2 is 1.77 bits per heavy atom. The van der Waals surface area contributed by atoms with E-state index in [0.29, 0.717) is 29.3 Å². The average molecular weight is 402 g/mol. The van der Waals surface area contributed by atoms with E-state index in [1.807, 2.05) is 39.2 Å². The Bertz CT molecular complexity index is 1060. The molecule has 0 spiro atoms. The summed E-state index contributed by atoms with van der Waals surface area (Å²) in [5.41, 5.74) is 6.51. The summed E-state index contributed by atoms with van der Waals surface area (Å²) in [6, 6.07) is 14.5. The lowest BCUT2D eigenvalue weighted by Gasteiger charge is -2.19. The number of hydrogen-bond donors (Lipinski definition) is 0. The van der Waals surface area contributed by atoms with Gasteiger partial charge in [-0.25, -0.2) is 0 Å². The lowest BCUT2D eigenvalue weighted by Crippen LogP contribution is -2.15. The molecule has 0 amide bonds. The molecule has 5 heteroatoms. The van der Waals surface area contributed by atoms with Crippen LogP contribution in [0.5, 0.6) is 11.5 Å². The summed E-state index contributed by atoms with van der Waals surface area (Å²) in [4.78, 5) is 6.73. The van der Waals surface area contributed by atoms with Crippen molar-refractivity contribution in [3.63, 3.8) is 0 Å². The Labute approximate surface area is 178 Å². The molecule has 2 aromatic carbocycles. The predicted molar refractivity (Wildman–Crippen MR) is 123 cm³/mol. The van der Waals surface area contributed by atoms with Crippen LogP contribution in [0.25, 0.3) is 6.08 Å². The minimum atomic E-state index is 0.543. The van der Waals surface area contributed by atoms with Gasteiger partial charge in [0.05, 0.1) is 25.5 Å². The molecule has 1 aliphatic heterocycles. The van der Waals surface area contributed by atoms with Gasteiger partial charge < -0.3 is 14.4 Å². The smallest absolute Gasteiger partial charge is 0.161 e. The van der Waals surface area contributed by atoms with Crippen LogP contribution in [-0.2, 0) is 6.42 Å². The van der Waals surface area contributed by atoms with Gasteiger partial charge in [-0.2, -0.15) is 5.26 Å². The van der Waals surface area contributed by atoms with Gasteiger partial charge in [-0.05, 0) is 60.4 Å². The van der Waals surface area contributed by atoms with Gasteiger partial charge >= 0.3 is 0 Å². The average Bonchev–Trinajstić information content (AvgIpc) is 2.76. The van der Waals surface area contributed by atoms with Crippen molar-refractivity contribution in [1.29, 1.82) is 5.26 Å². The van der Waals surface area contributed by atoms with Crippen LogP contribution in [0.2, 0.25) is 0 Å². The van der Waals surface area contributed by atoms with Crippen LogP contribution in [0.3, 0.4) is 0 Å². The van der Waals surface area contributed by atoms with E-state index in [2.05, 4.69) is 46.3 Å². The number of anilines is 1. The number of benzene rings is 2. The van der Waals surface area contributed by atoms with Crippen molar-refractivity contribution in [2.24, 2.45) is 4.99 Å². The molecule has 1 heterocycles. The number of rotatable bonds is 6. The number of ether oxygens (including phenoxy) is 2. The zero-order valence-electron chi connectivity index (χ0n) is 18.2. The van der Waals surface area contributed by atoms with Crippen LogP contribution < -0.4 is 14.4 Å². The van der Waals surface area contributed by atoms with E-state index in [1.54, 1.807) is 14.2 Å². The van der Waals surface area contributed by atoms with Gasteiger partial charge in [-0.1, -0.05) is 18.2 Å². The van der Waals surface area contributed by atoms with Crippen molar-refractivity contribution in [2.45, 2.75) is 13.3 Å². The molecule has 0 unspecified atom stereocenters. The third-order valence-electron chi connectivity index (χ3n) is 5.07. The molecule has 5 nitrogen and oxygen atoms in total. The second-order valence-electron chi connectivity index (χ2n) is 7.39. The fourth-order valence-electron chi connectivity index (χ4n) is 3.51. The zero-order valence-corrected chi connectivity index (χ0v) is 18.2. The van der Waals surface area contributed by atoms with E-state index < -0.39 is 0 Å². The van der Waals surface area contributed by atoms with E-state index in [-0.39, 0.29) is 0 Å². The largest absolute Gasteiger partial charge is 0.493 e. The minimum absolute atomic E-state index is 0.543. The first-order chi connectivity index (χ1) is 14.5. The van der Waals surface area contributed by atoms with E-state index in [1.165, 1.54) is 0 Å². The van der Waals surface area contributed by atoms with Crippen LogP contribution in [0.15, 0.2) is 58.6 Å². The highest BCUT2D eigenvalue weighted by atomic mass is 16.5. The molecule has 2 aromatic rings. The van der Waals surface area contributed by atoms with E-state index in [0.717, 1.165) is 34.4 Å². The molecule has 0 saturated heterocycles. The molecule has 0 fully saturated rings. The number of methoxy groups -OCH3 is 2. The molecule has 0 radical (unpaired) electrons. The third-order valence-corrected chi connectivity index (χ3v) is 5.07. The Morgan fingerprint density at radius 3 is 2.37 bits per heavy atom. The Kier molecular flexibility index (Phi) is 6.58. The lowest BCUT2D eigenvalue weighted by molar-refractivity contribution is 0.354. The normalized spacial score (nSPS) is 13.8. The highest BCUT2D eigenvalue weighted by molar-refractivity contribution is 6.17. The van der Waals surface area contributed by atoms with Gasteiger partial charge in [0.2, 0.25) is 0 Å². The summed E-state index contributed by atoms with van der Waals surface area (Å²) in [7, 11) is 7.28. The number of nitriles is 1. The summed E-state index contributed by atoms with van der Waals surface area (Å²) >= 11 is 0. The SMILES string of the molecule is COc1cc2c(cc1OC)C(/C(C#N)=C/C(C)=C/c1ccc(N(C)C)cc1)=NCC2. The number of allylic oxidation sites excluding steroid dienone is 3. The molecule has 3 rings (SSSR count). The number of fused-ring (bicyclic) bond motifs is 1. The Balaban J connectivity index is 1.95. The highest BCUT2D eigenvalue weighted by Crippen LogP contribution is 2.33. The summed E-state index contributed by atoms with van der Waals surface area (Å²) < 4.78 is 10.9. The Morgan fingerprint density at radius 1 is 1.10 bits per heavy atom. The lowest BCUT2D eigenvalue weighted by atomic mass is 9.92. The molecule has 0 N–H and O–H groups in total. The van der Waals surface area contributed by atoms with E-state index in [9.17, 15) is 5.26 Å². The van der Waals surface area contributed by atoms with Gasteiger partial charge in [-0.3, -0.25) is 4.99 Å². The summed E-state index contributed by atoms with van der Waals surface area (Å²) in [6.07, 6.45) is 4.77. The molecule has 30 heavy (non-hydrogen) atoms. The molecule has 0 saturated carbocycles. The number of nitrogens with zero attached hydrogens (tertiary/aromatic N) is 3. The van der Waals surface area contributed by atoms with E-state index >= 15 is 0 Å². The summed E-state index contributed by atoms with van der Waals surface area (Å²) in [6.45, 7) is 2.64. The zero-order chi connectivity index (χ0) is 21.7. The fraction of sp³-hybridized carbons (Fsp3) is 0.280. The summed E-state index contributed by atoms with van der Waals surface area (Å²) in [5.74, 6) is 1.33. The molecule has 0 aromatic heterocycles. The van der Waals surface area contributed by atoms with Gasteiger partial charge in [0.15, 0.2) is 11.5 Å². The quantitative estimate of drug-likeness (QED) is 0.521. The maximum absolute atomic E-state index is 9.86. The molecular weight excluding hydrogens is 374 g/mol. The van der Waals surface area contributed by atoms with Crippen molar-refractivity contribution in [2.75, 3.05) is 39.8 Å². The molecule has 0 atom stereocenters. The second-order valence-corrected chi connectivity index (χ2v) is 7.39. The molecule has 0 bridgehead atoms. The predicted octanol–water partition coefficient (Wildman–Crippen LogP) is 4.67. The van der Waals surface area contributed by atoms with Crippen molar-refractivity contribution in [1.82, 2.24) is 0 Å². The number of hydrogen-bond acceptors (Lipinski definition) is 5. The Hall–Kier alpha value is -3.52. The third kappa shape index (κ3) is 4.55. The molecule has 0 aliphatic carbocycles. The minimum Gasteiger partial charge on any atom is -0.493 e. The fourth-order valence-corrected chi connectivity index (χ4v) is 3.51. The van der Waals surface area contributed by atoms with Crippen LogP contribution in [0.1, 0.15) is 23.6 Å². The number of aliphatic imine (C=N–C) groups is 1. The van der Waals surface area contributed by atoms with Gasteiger partial charge in [-0.15, -0.1) is 0 Å². The summed E-state index contributed by atoms with van der Waals surface area (Å²) in [5, 5.41) is 9.86. The van der Waals surface area contributed by atoms with Gasteiger partial charge in [0.25, 0.3) is 0 Å². The maximum Gasteiger partial charge on any atom is 0.161 e. The maximum atomic E-state index is 9.86. The van der Waals surface area contributed by atoms with E-state index in [4.69, 9.17) is 9.47 Å². The van der Waals surface area contributed by atoms with Crippen LogP contribution in [-0.4, -0.2) is 40.6 Å². The van der Waals surface area contributed by atoms with Crippen molar-refractivity contribution >= 4 is 17.5 Å². The first kappa shape index (κ1) is 21.2. The van der Waals surface area contributed by atoms with Crippen molar-refractivity contribution in [3.05, 3.63) is 70.3 Å².